The standard InChI is InChI=1S/C15H14Cl2O/c16-14-5-1-11(2-6-14)9-13(10-18)12-3-7-15(17)8-4-12/h1-8,13,18H,9-10H2. The van der Waals surface area contributed by atoms with Gasteiger partial charge in [0, 0.05) is 16.0 Å². The molecule has 1 atom stereocenters. The van der Waals surface area contributed by atoms with E-state index in [9.17, 15) is 5.11 Å². The third-order valence-corrected chi connectivity index (χ3v) is 3.46. The molecule has 18 heavy (non-hydrogen) atoms. The van der Waals surface area contributed by atoms with E-state index in [1.807, 2.05) is 48.5 Å². The van der Waals surface area contributed by atoms with E-state index in [0.717, 1.165) is 22.6 Å². The Kier molecular flexibility index (Phi) is 4.65. The van der Waals surface area contributed by atoms with Gasteiger partial charge in [-0.3, -0.25) is 0 Å². The van der Waals surface area contributed by atoms with Gasteiger partial charge in [-0.15, -0.1) is 0 Å². The molecule has 1 N–H and O–H groups in total. The summed E-state index contributed by atoms with van der Waals surface area (Å²) in [6.45, 7) is 0.115. The fourth-order valence-corrected chi connectivity index (χ4v) is 2.18. The van der Waals surface area contributed by atoms with E-state index in [4.69, 9.17) is 23.2 Å². The number of hydrogen-bond acceptors (Lipinski definition) is 1. The number of halogens is 2. The summed E-state index contributed by atoms with van der Waals surface area (Å²) in [7, 11) is 0. The smallest absolute Gasteiger partial charge is 0.0502 e. The molecule has 3 heteroatoms. The maximum absolute atomic E-state index is 9.51. The summed E-state index contributed by atoms with van der Waals surface area (Å²) in [6.07, 6.45) is 0.787. The average Bonchev–Trinajstić information content (AvgIpc) is 2.39. The topological polar surface area (TPSA) is 20.2 Å². The van der Waals surface area contributed by atoms with Gasteiger partial charge in [-0.25, -0.2) is 0 Å². The third kappa shape index (κ3) is 3.49. The molecule has 0 heterocycles. The van der Waals surface area contributed by atoms with Gasteiger partial charge in [-0.05, 0) is 41.8 Å². The van der Waals surface area contributed by atoms with E-state index in [0.29, 0.717) is 5.02 Å². The number of benzene rings is 2. The van der Waals surface area contributed by atoms with Crippen molar-refractivity contribution in [1.82, 2.24) is 0 Å². The predicted octanol–water partition coefficient (Wildman–Crippen LogP) is 4.31. The summed E-state index contributed by atoms with van der Waals surface area (Å²) < 4.78 is 0. The molecule has 2 aromatic carbocycles. The average molecular weight is 281 g/mol. The molecule has 0 spiro atoms. The second-order valence-corrected chi connectivity index (χ2v) is 5.13. The largest absolute Gasteiger partial charge is 0.396 e. The third-order valence-electron chi connectivity index (χ3n) is 2.96. The monoisotopic (exact) mass is 280 g/mol. The van der Waals surface area contributed by atoms with Gasteiger partial charge in [-0.2, -0.15) is 0 Å². The highest BCUT2D eigenvalue weighted by Crippen LogP contribution is 2.23. The van der Waals surface area contributed by atoms with Crippen molar-refractivity contribution < 1.29 is 5.11 Å². The molecule has 0 fully saturated rings. The van der Waals surface area contributed by atoms with Crippen molar-refractivity contribution in [2.24, 2.45) is 0 Å². The molecule has 0 saturated carbocycles. The molecule has 0 saturated heterocycles. The molecule has 0 amide bonds. The Morgan fingerprint density at radius 2 is 1.33 bits per heavy atom. The van der Waals surface area contributed by atoms with E-state index >= 15 is 0 Å². The second-order valence-electron chi connectivity index (χ2n) is 4.26. The molecule has 0 aromatic heterocycles. The van der Waals surface area contributed by atoms with Crippen molar-refractivity contribution in [3.8, 4) is 0 Å². The zero-order chi connectivity index (χ0) is 13.0. The molecule has 0 aliphatic heterocycles. The summed E-state index contributed by atoms with van der Waals surface area (Å²) in [5, 5.41) is 10.9. The quantitative estimate of drug-likeness (QED) is 0.885. The molecule has 0 aliphatic carbocycles. The van der Waals surface area contributed by atoms with Gasteiger partial charge in [0.2, 0.25) is 0 Å². The van der Waals surface area contributed by atoms with Crippen LogP contribution in [0.25, 0.3) is 0 Å². The molecule has 1 nitrogen and oxygen atoms in total. The molecule has 2 aromatic rings. The Bertz CT molecular complexity index is 491. The van der Waals surface area contributed by atoms with Gasteiger partial charge < -0.3 is 5.11 Å². The Labute approximate surface area is 117 Å². The first kappa shape index (κ1) is 13.4. The minimum absolute atomic E-state index is 0.0865. The van der Waals surface area contributed by atoms with Gasteiger partial charge >= 0.3 is 0 Å². The van der Waals surface area contributed by atoms with Gasteiger partial charge in [0.15, 0.2) is 0 Å². The van der Waals surface area contributed by atoms with E-state index in [-0.39, 0.29) is 12.5 Å². The van der Waals surface area contributed by atoms with E-state index < -0.39 is 0 Å². The van der Waals surface area contributed by atoms with Crippen molar-refractivity contribution in [1.29, 1.82) is 0 Å². The Morgan fingerprint density at radius 3 is 1.83 bits per heavy atom. The zero-order valence-corrected chi connectivity index (χ0v) is 11.3. The Hall–Kier alpha value is -1.02. The molecule has 0 bridgehead atoms. The van der Waals surface area contributed by atoms with Gasteiger partial charge in [0.1, 0.15) is 0 Å². The lowest BCUT2D eigenvalue weighted by molar-refractivity contribution is 0.264. The minimum atomic E-state index is 0.0865. The highest BCUT2D eigenvalue weighted by Gasteiger charge is 2.11. The molecule has 94 valence electrons. The fourth-order valence-electron chi connectivity index (χ4n) is 1.93. The molecular weight excluding hydrogens is 267 g/mol. The van der Waals surface area contributed by atoms with Crippen LogP contribution in [0.15, 0.2) is 48.5 Å². The first-order valence-electron chi connectivity index (χ1n) is 5.80. The van der Waals surface area contributed by atoms with Crippen LogP contribution in [0.5, 0.6) is 0 Å². The van der Waals surface area contributed by atoms with Crippen molar-refractivity contribution in [3.63, 3.8) is 0 Å². The van der Waals surface area contributed by atoms with E-state index in [1.165, 1.54) is 0 Å². The predicted molar refractivity (Wildman–Crippen MR) is 76.4 cm³/mol. The van der Waals surface area contributed by atoms with Crippen LogP contribution >= 0.6 is 23.2 Å². The van der Waals surface area contributed by atoms with Crippen LogP contribution in [0, 0.1) is 0 Å². The van der Waals surface area contributed by atoms with Crippen LogP contribution in [-0.2, 0) is 6.42 Å². The van der Waals surface area contributed by atoms with Crippen molar-refractivity contribution >= 4 is 23.2 Å². The highest BCUT2D eigenvalue weighted by molar-refractivity contribution is 6.30. The number of rotatable bonds is 4. The fraction of sp³-hybridized carbons (Fsp3) is 0.200. The maximum atomic E-state index is 9.51. The van der Waals surface area contributed by atoms with Crippen molar-refractivity contribution in [2.75, 3.05) is 6.61 Å². The zero-order valence-electron chi connectivity index (χ0n) is 9.81. The summed E-state index contributed by atoms with van der Waals surface area (Å²) >= 11 is 11.7. The maximum Gasteiger partial charge on any atom is 0.0502 e. The lowest BCUT2D eigenvalue weighted by Crippen LogP contribution is -2.07. The Morgan fingerprint density at radius 1 is 0.833 bits per heavy atom. The molecule has 0 aliphatic rings. The first-order chi connectivity index (χ1) is 8.69. The summed E-state index contributed by atoms with van der Waals surface area (Å²) in [5.74, 6) is 0.0865. The lowest BCUT2D eigenvalue weighted by Gasteiger charge is -2.15. The van der Waals surface area contributed by atoms with Gasteiger partial charge in [0.05, 0.1) is 6.61 Å². The second kappa shape index (κ2) is 6.24. The molecule has 0 radical (unpaired) electrons. The summed E-state index contributed by atoms with van der Waals surface area (Å²) in [5.41, 5.74) is 2.25. The van der Waals surface area contributed by atoms with Crippen LogP contribution in [0.4, 0.5) is 0 Å². The van der Waals surface area contributed by atoms with Crippen LogP contribution in [0.2, 0.25) is 10.0 Å². The van der Waals surface area contributed by atoms with Crippen LogP contribution in [-0.4, -0.2) is 11.7 Å². The van der Waals surface area contributed by atoms with Crippen LogP contribution in [0.1, 0.15) is 17.0 Å². The molecule has 1 unspecified atom stereocenters. The Balaban J connectivity index is 2.14. The van der Waals surface area contributed by atoms with Gasteiger partial charge in [0.25, 0.3) is 0 Å². The minimum Gasteiger partial charge on any atom is -0.396 e. The lowest BCUT2D eigenvalue weighted by atomic mass is 9.93. The summed E-state index contributed by atoms with van der Waals surface area (Å²) in [4.78, 5) is 0. The SMILES string of the molecule is OCC(Cc1ccc(Cl)cc1)c1ccc(Cl)cc1. The number of aliphatic hydroxyl groups excluding tert-OH is 1. The molecule has 2 rings (SSSR count). The summed E-state index contributed by atoms with van der Waals surface area (Å²) in [6, 6.07) is 15.3. The van der Waals surface area contributed by atoms with Crippen molar-refractivity contribution in [2.45, 2.75) is 12.3 Å². The van der Waals surface area contributed by atoms with Crippen molar-refractivity contribution in [3.05, 3.63) is 69.7 Å². The molecular formula is C15H14Cl2O. The first-order valence-corrected chi connectivity index (χ1v) is 6.55. The highest BCUT2D eigenvalue weighted by atomic mass is 35.5. The van der Waals surface area contributed by atoms with Crippen LogP contribution in [0.3, 0.4) is 0 Å². The van der Waals surface area contributed by atoms with E-state index in [2.05, 4.69) is 0 Å². The van der Waals surface area contributed by atoms with Gasteiger partial charge in [-0.1, -0.05) is 47.5 Å². The van der Waals surface area contributed by atoms with E-state index in [1.54, 1.807) is 0 Å². The van der Waals surface area contributed by atoms with Crippen LogP contribution < -0.4 is 0 Å². The number of hydrogen-bond donors (Lipinski definition) is 1. The number of aliphatic hydroxyl groups is 1. The normalized spacial score (nSPS) is 12.4.